The van der Waals surface area contributed by atoms with E-state index in [0.29, 0.717) is 5.69 Å². The van der Waals surface area contributed by atoms with E-state index < -0.39 is 0 Å². The van der Waals surface area contributed by atoms with Gasteiger partial charge in [-0.2, -0.15) is 0 Å². The van der Waals surface area contributed by atoms with Gasteiger partial charge in [-0.25, -0.2) is 4.90 Å². The van der Waals surface area contributed by atoms with Crippen LogP contribution in [0.15, 0.2) is 45.3 Å². The van der Waals surface area contributed by atoms with Crippen molar-refractivity contribution >= 4 is 55.0 Å². The number of anilines is 2. The average Bonchev–Trinajstić information content (AvgIpc) is 2.95. The van der Waals surface area contributed by atoms with Crippen LogP contribution in [0.4, 0.5) is 11.4 Å². The Bertz CT molecular complexity index is 821. The Kier molecular flexibility index (Phi) is 5.06. The van der Waals surface area contributed by atoms with Crippen molar-refractivity contribution in [2.24, 2.45) is 0 Å². The fraction of sp³-hybridized carbons (Fsp3) is 0.222. The van der Waals surface area contributed by atoms with E-state index in [1.54, 1.807) is 0 Å². The smallest absolute Gasteiger partial charge is 0.238 e. The number of fused-ring (bicyclic) bond motifs is 1. The number of nitrogens with zero attached hydrogens (tertiary/aromatic N) is 1. The van der Waals surface area contributed by atoms with Crippen LogP contribution < -0.4 is 10.2 Å². The van der Waals surface area contributed by atoms with Gasteiger partial charge in [-0.3, -0.25) is 9.59 Å². The summed E-state index contributed by atoms with van der Waals surface area (Å²) in [5.74, 6) is -0.529. The SMILES string of the molecule is CC(=O)N(C(=O)Cc1cccc(Br)c1)c1cc(Br)cc2c1NCC2. The van der Waals surface area contributed by atoms with E-state index in [-0.39, 0.29) is 18.2 Å². The molecule has 1 heterocycles. The average molecular weight is 452 g/mol. The molecule has 0 atom stereocenters. The maximum Gasteiger partial charge on any atom is 0.238 e. The number of carbonyl (C=O) groups is 2. The summed E-state index contributed by atoms with van der Waals surface area (Å²) in [5, 5.41) is 3.28. The quantitative estimate of drug-likeness (QED) is 0.756. The van der Waals surface area contributed by atoms with Crippen LogP contribution >= 0.6 is 31.9 Å². The molecule has 0 unspecified atom stereocenters. The predicted molar refractivity (Wildman–Crippen MR) is 102 cm³/mol. The molecular weight excluding hydrogens is 436 g/mol. The summed E-state index contributed by atoms with van der Waals surface area (Å²) in [4.78, 5) is 26.3. The largest absolute Gasteiger partial charge is 0.383 e. The number of carbonyl (C=O) groups excluding carboxylic acids is 2. The standard InChI is InChI=1S/C18H16Br2N2O2/c1-11(23)22(17(24)8-12-3-2-4-14(19)7-12)16-10-15(20)9-13-5-6-21-18(13)16/h2-4,7,9-10,21H,5-6,8H2,1H3. The molecule has 0 aromatic heterocycles. The Morgan fingerprint density at radius 2 is 1.96 bits per heavy atom. The zero-order valence-corrected chi connectivity index (χ0v) is 16.3. The highest BCUT2D eigenvalue weighted by molar-refractivity contribution is 9.10. The number of halogens is 2. The van der Waals surface area contributed by atoms with E-state index in [0.717, 1.165) is 38.7 Å². The molecule has 1 aliphatic rings. The van der Waals surface area contributed by atoms with Crippen LogP contribution in [0.1, 0.15) is 18.1 Å². The molecule has 4 nitrogen and oxygen atoms in total. The van der Waals surface area contributed by atoms with Crippen molar-refractivity contribution < 1.29 is 9.59 Å². The Morgan fingerprint density at radius 3 is 2.67 bits per heavy atom. The number of hydrogen-bond acceptors (Lipinski definition) is 3. The zero-order valence-electron chi connectivity index (χ0n) is 13.1. The molecule has 0 saturated carbocycles. The number of amides is 2. The second-order valence-electron chi connectivity index (χ2n) is 5.69. The third-order valence-electron chi connectivity index (χ3n) is 3.91. The second-order valence-corrected chi connectivity index (χ2v) is 7.52. The minimum Gasteiger partial charge on any atom is -0.383 e. The van der Waals surface area contributed by atoms with Gasteiger partial charge in [0.05, 0.1) is 17.8 Å². The van der Waals surface area contributed by atoms with Crippen molar-refractivity contribution in [2.45, 2.75) is 19.8 Å². The van der Waals surface area contributed by atoms with E-state index in [1.165, 1.54) is 11.8 Å². The van der Waals surface area contributed by atoms with Gasteiger partial charge in [-0.05, 0) is 41.8 Å². The highest BCUT2D eigenvalue weighted by Gasteiger charge is 2.26. The summed E-state index contributed by atoms with van der Waals surface area (Å²) in [6, 6.07) is 11.4. The van der Waals surface area contributed by atoms with Crippen LogP contribution in [0.3, 0.4) is 0 Å². The molecule has 1 N–H and O–H groups in total. The van der Waals surface area contributed by atoms with Crippen LogP contribution in [0.25, 0.3) is 0 Å². The predicted octanol–water partition coefficient (Wildman–Crippen LogP) is 4.30. The van der Waals surface area contributed by atoms with Crippen molar-refractivity contribution in [3.8, 4) is 0 Å². The first-order valence-corrected chi connectivity index (χ1v) is 9.18. The van der Waals surface area contributed by atoms with Crippen molar-refractivity contribution in [1.29, 1.82) is 0 Å². The number of nitrogens with one attached hydrogen (secondary N) is 1. The Hall–Kier alpha value is -1.66. The number of benzene rings is 2. The number of imide groups is 1. The zero-order chi connectivity index (χ0) is 17.3. The van der Waals surface area contributed by atoms with Crippen LogP contribution in [-0.4, -0.2) is 18.4 Å². The lowest BCUT2D eigenvalue weighted by Gasteiger charge is -2.22. The fourth-order valence-corrected chi connectivity index (χ4v) is 3.87. The molecule has 24 heavy (non-hydrogen) atoms. The monoisotopic (exact) mass is 450 g/mol. The lowest BCUT2D eigenvalue weighted by molar-refractivity contribution is -0.125. The summed E-state index contributed by atoms with van der Waals surface area (Å²) >= 11 is 6.88. The molecule has 0 spiro atoms. The molecule has 2 aromatic carbocycles. The van der Waals surface area contributed by atoms with Crippen molar-refractivity contribution in [3.63, 3.8) is 0 Å². The van der Waals surface area contributed by atoms with Gasteiger partial charge in [-0.1, -0.05) is 44.0 Å². The van der Waals surface area contributed by atoms with Crippen LogP contribution in [0.2, 0.25) is 0 Å². The van der Waals surface area contributed by atoms with Crippen molar-refractivity contribution in [2.75, 3.05) is 16.8 Å². The Labute approximate surface area is 157 Å². The van der Waals surface area contributed by atoms with Gasteiger partial charge in [0.25, 0.3) is 0 Å². The van der Waals surface area contributed by atoms with Gasteiger partial charge >= 0.3 is 0 Å². The molecule has 2 aromatic rings. The van der Waals surface area contributed by atoms with Crippen molar-refractivity contribution in [1.82, 2.24) is 0 Å². The van der Waals surface area contributed by atoms with Crippen LogP contribution in [0, 0.1) is 0 Å². The lowest BCUT2D eigenvalue weighted by Crippen LogP contribution is -2.36. The minimum absolute atomic E-state index is 0.167. The fourth-order valence-electron chi connectivity index (χ4n) is 2.93. The summed E-state index contributed by atoms with van der Waals surface area (Å²) < 4.78 is 1.77. The molecule has 0 bridgehead atoms. The van der Waals surface area contributed by atoms with E-state index in [2.05, 4.69) is 37.2 Å². The van der Waals surface area contributed by atoms with Gasteiger partial charge < -0.3 is 5.32 Å². The first-order valence-electron chi connectivity index (χ1n) is 7.60. The summed E-state index contributed by atoms with van der Waals surface area (Å²) in [6.45, 7) is 2.23. The van der Waals surface area contributed by atoms with E-state index >= 15 is 0 Å². The summed E-state index contributed by atoms with van der Waals surface area (Å²) in [7, 11) is 0. The van der Waals surface area contributed by atoms with Crippen molar-refractivity contribution in [3.05, 3.63) is 56.5 Å². The number of rotatable bonds is 3. The molecule has 124 valence electrons. The minimum atomic E-state index is -0.288. The van der Waals surface area contributed by atoms with Crippen LogP contribution in [0.5, 0.6) is 0 Å². The highest BCUT2D eigenvalue weighted by atomic mass is 79.9. The first kappa shape index (κ1) is 17.2. The molecule has 0 aliphatic carbocycles. The van der Waals surface area contributed by atoms with Gasteiger partial charge in [0.1, 0.15) is 0 Å². The van der Waals surface area contributed by atoms with E-state index in [1.807, 2.05) is 36.4 Å². The lowest BCUT2D eigenvalue weighted by atomic mass is 10.1. The molecular formula is C18H16Br2N2O2. The third kappa shape index (κ3) is 3.54. The van der Waals surface area contributed by atoms with Gasteiger partial charge in [0.15, 0.2) is 0 Å². The Morgan fingerprint density at radius 1 is 1.17 bits per heavy atom. The third-order valence-corrected chi connectivity index (χ3v) is 4.86. The summed E-state index contributed by atoms with van der Waals surface area (Å²) in [5.41, 5.74) is 3.46. The summed E-state index contributed by atoms with van der Waals surface area (Å²) in [6.07, 6.45) is 1.05. The van der Waals surface area contributed by atoms with E-state index in [4.69, 9.17) is 0 Å². The van der Waals surface area contributed by atoms with Gasteiger partial charge in [0, 0.05) is 22.4 Å². The second kappa shape index (κ2) is 7.07. The van der Waals surface area contributed by atoms with E-state index in [9.17, 15) is 9.59 Å². The van der Waals surface area contributed by atoms with Crippen LogP contribution in [-0.2, 0) is 22.4 Å². The molecule has 0 saturated heterocycles. The normalized spacial score (nSPS) is 12.5. The Balaban J connectivity index is 1.96. The highest BCUT2D eigenvalue weighted by Crippen LogP contribution is 2.37. The molecule has 6 heteroatoms. The molecule has 3 rings (SSSR count). The van der Waals surface area contributed by atoms with Gasteiger partial charge in [-0.15, -0.1) is 0 Å². The number of hydrogen-bond donors (Lipinski definition) is 1. The molecule has 1 aliphatic heterocycles. The van der Waals surface area contributed by atoms with Gasteiger partial charge in [0.2, 0.25) is 11.8 Å². The maximum atomic E-state index is 12.8. The topological polar surface area (TPSA) is 49.4 Å². The maximum absolute atomic E-state index is 12.8. The first-order chi connectivity index (χ1) is 11.5. The molecule has 0 radical (unpaired) electrons. The molecule has 0 fully saturated rings. The molecule has 2 amide bonds.